The highest BCUT2D eigenvalue weighted by Crippen LogP contribution is 2.27. The van der Waals surface area contributed by atoms with Crippen molar-refractivity contribution in [2.24, 2.45) is 4.99 Å². The molecule has 5 aromatic rings. The third-order valence-electron chi connectivity index (χ3n) is 6.49. The number of anilines is 1. The molecule has 0 saturated heterocycles. The fourth-order valence-corrected chi connectivity index (χ4v) is 4.71. The first-order chi connectivity index (χ1) is 18.1. The molecule has 6 heteroatoms. The molecule has 1 aromatic heterocycles. The number of hydrogen-bond acceptors (Lipinski definition) is 4. The second-order valence-electron chi connectivity index (χ2n) is 8.73. The minimum absolute atomic E-state index is 0.283. The first kappa shape index (κ1) is 22.4. The first-order valence-electron chi connectivity index (χ1n) is 11.9. The van der Waals surface area contributed by atoms with Crippen LogP contribution in [0.2, 0.25) is 0 Å². The van der Waals surface area contributed by atoms with E-state index in [0.717, 1.165) is 44.2 Å². The van der Waals surface area contributed by atoms with Crippen molar-refractivity contribution in [3.63, 3.8) is 0 Å². The van der Waals surface area contributed by atoms with Crippen molar-refractivity contribution < 1.29 is 4.74 Å². The van der Waals surface area contributed by atoms with Gasteiger partial charge >= 0.3 is 0 Å². The number of para-hydroxylation sites is 1. The lowest BCUT2D eigenvalue weighted by Crippen LogP contribution is -2.16. The maximum absolute atomic E-state index is 12.9. The van der Waals surface area contributed by atoms with E-state index in [1.165, 1.54) is 0 Å². The summed E-state index contributed by atoms with van der Waals surface area (Å²) in [6.07, 6.45) is 1.75. The number of fused-ring (bicyclic) bond motifs is 1. The molecule has 0 fully saturated rings. The number of nitrogens with zero attached hydrogens (tertiary/aromatic N) is 2. The molecule has 4 aromatic carbocycles. The van der Waals surface area contributed by atoms with Crippen LogP contribution in [0.25, 0.3) is 17.3 Å². The van der Waals surface area contributed by atoms with E-state index in [4.69, 9.17) is 15.5 Å². The number of aromatic amines is 1. The molecule has 3 N–H and O–H groups in total. The molecule has 0 aliphatic carbocycles. The molecule has 180 valence electrons. The summed E-state index contributed by atoms with van der Waals surface area (Å²) in [4.78, 5) is 17.9. The van der Waals surface area contributed by atoms with Gasteiger partial charge in [0, 0.05) is 21.6 Å². The lowest BCUT2D eigenvalue weighted by molar-refractivity contribution is 0.411. The maximum Gasteiger partial charge on any atom is 0.273 e. The van der Waals surface area contributed by atoms with Gasteiger partial charge in [0.05, 0.1) is 29.8 Å². The molecular weight excluding hydrogens is 460 g/mol. The van der Waals surface area contributed by atoms with Crippen LogP contribution in [0.3, 0.4) is 0 Å². The molecule has 0 atom stereocenters. The van der Waals surface area contributed by atoms with Crippen LogP contribution in [-0.2, 0) is 0 Å². The molecule has 37 heavy (non-hydrogen) atoms. The molecule has 0 saturated carbocycles. The summed E-state index contributed by atoms with van der Waals surface area (Å²) in [6.45, 7) is 0. The number of methoxy groups -OCH3 is 1. The highest BCUT2D eigenvalue weighted by atomic mass is 16.5. The standard InChI is InChI=1S/C31H24N4O2/c1-37-27-19-24-26(33-29(21-13-7-3-8-14-21)28(24)20-11-5-2-6-12-20)18-22(27)17-25-30(32)35(34-31(25)36)23-15-9-4-10-16-23/h2-19H,32H2,1H3,(H,34,36)/b22-17+. The fourth-order valence-electron chi connectivity index (χ4n) is 4.71. The first-order valence-corrected chi connectivity index (χ1v) is 11.9. The van der Waals surface area contributed by atoms with Gasteiger partial charge in [-0.05, 0) is 35.9 Å². The van der Waals surface area contributed by atoms with Crippen LogP contribution < -0.4 is 26.5 Å². The number of nitrogens with two attached hydrogens (primary N) is 1. The van der Waals surface area contributed by atoms with Crippen LogP contribution in [-0.4, -0.2) is 22.6 Å². The second kappa shape index (κ2) is 9.17. The molecule has 0 amide bonds. The van der Waals surface area contributed by atoms with Crippen LogP contribution >= 0.6 is 0 Å². The van der Waals surface area contributed by atoms with Crippen molar-refractivity contribution in [3.05, 3.63) is 141 Å². The Balaban J connectivity index is 1.58. The SMILES string of the molecule is COc1cc2c(c/c1=C\c1c(N)n(-c3ccccc3)[nH]c1=O)N=C(c1ccccc1)C=2c1ccccc1. The molecule has 1 aliphatic heterocycles. The van der Waals surface area contributed by atoms with E-state index < -0.39 is 0 Å². The molecule has 6 nitrogen and oxygen atoms in total. The second-order valence-corrected chi connectivity index (χ2v) is 8.73. The van der Waals surface area contributed by atoms with E-state index in [2.05, 4.69) is 29.4 Å². The van der Waals surface area contributed by atoms with E-state index in [-0.39, 0.29) is 5.56 Å². The van der Waals surface area contributed by atoms with E-state index in [1.807, 2.05) is 78.9 Å². The van der Waals surface area contributed by atoms with Crippen molar-refractivity contribution in [2.75, 3.05) is 12.8 Å². The quantitative estimate of drug-likeness (QED) is 0.397. The summed E-state index contributed by atoms with van der Waals surface area (Å²) in [6, 6.07) is 33.7. The zero-order valence-electron chi connectivity index (χ0n) is 20.2. The molecule has 2 heterocycles. The van der Waals surface area contributed by atoms with E-state index in [9.17, 15) is 4.79 Å². The van der Waals surface area contributed by atoms with Crippen molar-refractivity contribution in [2.45, 2.75) is 0 Å². The van der Waals surface area contributed by atoms with Gasteiger partial charge in [-0.15, -0.1) is 0 Å². The summed E-state index contributed by atoms with van der Waals surface area (Å²) in [5.41, 5.74) is 12.1. The lowest BCUT2D eigenvalue weighted by Gasteiger charge is -2.08. The number of hydrogen-bond donors (Lipinski definition) is 2. The van der Waals surface area contributed by atoms with Crippen molar-refractivity contribution in [3.8, 4) is 11.4 Å². The van der Waals surface area contributed by atoms with Gasteiger partial charge in [-0.3, -0.25) is 9.89 Å². The van der Waals surface area contributed by atoms with E-state index in [0.29, 0.717) is 17.1 Å². The number of benzene rings is 4. The van der Waals surface area contributed by atoms with Gasteiger partial charge in [0.15, 0.2) is 0 Å². The normalized spacial score (nSPS) is 12.9. The lowest BCUT2D eigenvalue weighted by atomic mass is 9.95. The Bertz CT molecular complexity index is 1820. The Morgan fingerprint density at radius 3 is 2.14 bits per heavy atom. The molecule has 1 aliphatic rings. The highest BCUT2D eigenvalue weighted by molar-refractivity contribution is 6.34. The third kappa shape index (κ3) is 3.94. The Morgan fingerprint density at radius 1 is 0.865 bits per heavy atom. The number of nitrogens with one attached hydrogen (secondary N) is 1. The predicted octanol–water partition coefficient (Wildman–Crippen LogP) is 3.92. The molecule has 0 bridgehead atoms. The van der Waals surface area contributed by atoms with E-state index >= 15 is 0 Å². The van der Waals surface area contributed by atoms with Gasteiger partial charge in [0.1, 0.15) is 11.6 Å². The largest absolute Gasteiger partial charge is 0.496 e. The van der Waals surface area contributed by atoms with Crippen LogP contribution in [0.15, 0.2) is 113 Å². The fraction of sp³-hybridized carbons (Fsp3) is 0.0323. The van der Waals surface area contributed by atoms with Crippen molar-refractivity contribution in [1.82, 2.24) is 9.78 Å². The number of ether oxygens (including phenoxy) is 1. The minimum atomic E-state index is -0.283. The van der Waals surface area contributed by atoms with Crippen LogP contribution in [0.1, 0.15) is 16.7 Å². The number of aliphatic imine (C=N–C) groups is 1. The maximum atomic E-state index is 12.9. The minimum Gasteiger partial charge on any atom is -0.496 e. The smallest absolute Gasteiger partial charge is 0.273 e. The summed E-state index contributed by atoms with van der Waals surface area (Å²) in [5.74, 6) is 0.951. The van der Waals surface area contributed by atoms with Crippen molar-refractivity contribution >= 4 is 28.9 Å². The molecule has 0 spiro atoms. The number of rotatable bonds is 5. The highest BCUT2D eigenvalue weighted by Gasteiger charge is 2.21. The molecule has 0 radical (unpaired) electrons. The van der Waals surface area contributed by atoms with Gasteiger partial charge in [-0.2, -0.15) is 0 Å². The van der Waals surface area contributed by atoms with Gasteiger partial charge < -0.3 is 10.5 Å². The summed E-state index contributed by atoms with van der Waals surface area (Å²) < 4.78 is 7.37. The van der Waals surface area contributed by atoms with Crippen molar-refractivity contribution in [1.29, 1.82) is 0 Å². The van der Waals surface area contributed by atoms with Crippen LogP contribution in [0.4, 0.5) is 11.5 Å². The van der Waals surface area contributed by atoms with Gasteiger partial charge in [0.2, 0.25) is 0 Å². The zero-order chi connectivity index (χ0) is 25.4. The average molecular weight is 485 g/mol. The Morgan fingerprint density at radius 2 is 1.49 bits per heavy atom. The summed E-state index contributed by atoms with van der Waals surface area (Å²) in [7, 11) is 1.62. The number of nitrogen functional groups attached to an aromatic ring is 1. The van der Waals surface area contributed by atoms with Crippen LogP contribution in [0.5, 0.6) is 5.75 Å². The molecule has 0 unspecified atom stereocenters. The topological polar surface area (TPSA) is 85.4 Å². The Hall–Kier alpha value is -5.10. The zero-order valence-corrected chi connectivity index (χ0v) is 20.2. The summed E-state index contributed by atoms with van der Waals surface area (Å²) >= 11 is 0. The van der Waals surface area contributed by atoms with Crippen LogP contribution in [0, 0.1) is 0 Å². The summed E-state index contributed by atoms with van der Waals surface area (Å²) in [5, 5.41) is 4.52. The third-order valence-corrected chi connectivity index (χ3v) is 6.49. The van der Waals surface area contributed by atoms with Gasteiger partial charge in [-0.1, -0.05) is 78.9 Å². The number of aromatic nitrogens is 2. The van der Waals surface area contributed by atoms with E-state index in [1.54, 1.807) is 17.9 Å². The average Bonchev–Trinajstić information content (AvgIpc) is 3.46. The number of H-pyrrole nitrogens is 1. The van der Waals surface area contributed by atoms with Gasteiger partial charge in [0.25, 0.3) is 5.56 Å². The van der Waals surface area contributed by atoms with Gasteiger partial charge in [-0.25, -0.2) is 9.67 Å². The Labute approximate surface area is 213 Å². The monoisotopic (exact) mass is 484 g/mol. The molecule has 6 rings (SSSR count). The molecular formula is C31H24N4O2. The predicted molar refractivity (Wildman–Crippen MR) is 148 cm³/mol. The Kier molecular flexibility index (Phi) is 5.54.